The van der Waals surface area contributed by atoms with E-state index in [2.05, 4.69) is 31.0 Å². The highest BCUT2D eigenvalue weighted by Gasteiger charge is 2.54. The molecule has 2 aliphatic heterocycles. The Bertz CT molecular complexity index is 1240. The number of rotatable bonds is 9. The zero-order valence-corrected chi connectivity index (χ0v) is 21.5. The molecule has 0 bridgehead atoms. The Morgan fingerprint density at radius 2 is 2.17 bits per heavy atom. The Morgan fingerprint density at radius 3 is 2.80 bits per heavy atom. The van der Waals surface area contributed by atoms with Gasteiger partial charge in [0.25, 0.3) is 11.8 Å². The molecule has 4 heterocycles. The first-order valence-corrected chi connectivity index (χ1v) is 13.0. The number of carboxylic acids is 1. The molecule has 0 aliphatic carbocycles. The van der Waals surface area contributed by atoms with Crippen molar-refractivity contribution >= 4 is 79.8 Å². The molecule has 2 atom stereocenters. The van der Waals surface area contributed by atoms with Gasteiger partial charge < -0.3 is 26.3 Å². The van der Waals surface area contributed by atoms with Gasteiger partial charge in [0.1, 0.15) is 28.9 Å². The third-order valence-electron chi connectivity index (χ3n) is 5.05. The lowest BCUT2D eigenvalue weighted by Crippen LogP contribution is -2.72. The lowest BCUT2D eigenvalue weighted by atomic mass is 9.86. The number of nitrogens with one attached hydrogen (secondary N) is 2. The van der Waals surface area contributed by atoms with E-state index < -0.39 is 29.9 Å². The number of fused-ring (bicyclic) bond motifs is 1. The predicted molar refractivity (Wildman–Crippen MR) is 131 cm³/mol. The van der Waals surface area contributed by atoms with Gasteiger partial charge >= 0.3 is 5.97 Å². The van der Waals surface area contributed by atoms with Gasteiger partial charge in [0.2, 0.25) is 5.13 Å². The van der Waals surface area contributed by atoms with Crippen LogP contribution in [0.3, 0.4) is 0 Å². The number of carboxylic acid groups (broad SMARTS) is 1. The Kier molecular flexibility index (Phi) is 7.44. The van der Waals surface area contributed by atoms with E-state index in [0.717, 1.165) is 11.3 Å². The van der Waals surface area contributed by atoms with Crippen molar-refractivity contribution in [2.24, 2.45) is 5.16 Å². The van der Waals surface area contributed by atoms with Crippen LogP contribution >= 0.6 is 46.0 Å². The molecule has 0 radical (unpaired) electrons. The Morgan fingerprint density at radius 1 is 1.40 bits per heavy atom. The minimum Gasteiger partial charge on any atom is -0.477 e. The number of oxime groups is 1. The average molecular weight is 559 g/mol. The van der Waals surface area contributed by atoms with Gasteiger partial charge in [-0.3, -0.25) is 14.5 Å². The molecule has 35 heavy (non-hydrogen) atoms. The van der Waals surface area contributed by atoms with Crippen LogP contribution in [0.4, 0.5) is 10.3 Å². The van der Waals surface area contributed by atoms with Gasteiger partial charge in [-0.2, -0.15) is 0 Å². The number of hydrogen-bond acceptors (Lipinski definition) is 13. The van der Waals surface area contributed by atoms with Crippen molar-refractivity contribution in [3.8, 4) is 0 Å². The van der Waals surface area contributed by atoms with Crippen LogP contribution < -0.4 is 16.4 Å². The second-order valence-electron chi connectivity index (χ2n) is 7.14. The molecule has 4 rings (SSSR count). The number of halogens is 1. The number of carbonyl (C=O) groups excluding carboxylic acids is 2. The number of thiazole rings is 1. The number of hydrogen-bond donors (Lipinski definition) is 4. The van der Waals surface area contributed by atoms with Gasteiger partial charge in [-0.25, -0.2) is 9.78 Å². The molecule has 13 nitrogen and oxygen atoms in total. The molecule has 17 heteroatoms. The van der Waals surface area contributed by atoms with Crippen LogP contribution in [0.15, 0.2) is 20.1 Å². The third-order valence-corrected chi connectivity index (χ3v) is 8.21. The molecular weight excluding hydrogens is 540 g/mol. The molecule has 0 saturated carbocycles. The highest BCUT2D eigenvalue weighted by atomic mass is 35.5. The van der Waals surface area contributed by atoms with Gasteiger partial charge in [0.05, 0.1) is 6.04 Å². The fourth-order valence-electron chi connectivity index (χ4n) is 3.66. The molecule has 2 aromatic rings. The van der Waals surface area contributed by atoms with Crippen LogP contribution in [0.5, 0.6) is 0 Å². The van der Waals surface area contributed by atoms with Crippen LogP contribution in [-0.2, 0) is 19.2 Å². The highest BCUT2D eigenvalue weighted by molar-refractivity contribution is 8.04. The lowest BCUT2D eigenvalue weighted by Gasteiger charge is -2.49. The molecule has 2 amide bonds. The van der Waals surface area contributed by atoms with Crippen molar-refractivity contribution in [2.45, 2.75) is 36.2 Å². The van der Waals surface area contributed by atoms with Gasteiger partial charge in [-0.1, -0.05) is 51.2 Å². The van der Waals surface area contributed by atoms with Crippen molar-refractivity contribution < 1.29 is 24.3 Å². The van der Waals surface area contributed by atoms with E-state index in [1.54, 1.807) is 0 Å². The Balaban J connectivity index is 1.52. The molecule has 0 unspecified atom stereocenters. The van der Waals surface area contributed by atoms with Crippen LogP contribution in [0, 0.1) is 0 Å². The SMILES string of the molecule is CCNc1nnc(SC2=C(C(=O)O)N3C(=O)[C@@H](NC(=O)/C(=N\OC)c4nc(N)sc4Cl)[C@H]3CC2)s1. The molecule has 2 aromatic heterocycles. The number of amides is 2. The van der Waals surface area contributed by atoms with Gasteiger partial charge in [0.15, 0.2) is 15.2 Å². The standard InChI is InChI=1S/C18H19ClN8O5S3/c1-3-21-17-24-25-18(35-17)33-7-5-4-6-8(14(29)27(6)11(7)15(30)31)22-13(28)10(26-32-2)9-12(19)34-16(20)23-9/h6,8H,3-5H2,1-2H3,(H2,20,23)(H,21,24)(H,22,28)(H,30,31)/b26-10-/t6-,8+/m1/s1. The molecule has 186 valence electrons. The maximum atomic E-state index is 13.0. The summed E-state index contributed by atoms with van der Waals surface area (Å²) in [5.41, 5.74) is 5.31. The molecule has 0 spiro atoms. The topological polar surface area (TPSA) is 185 Å². The minimum atomic E-state index is -1.24. The zero-order valence-electron chi connectivity index (χ0n) is 18.3. The highest BCUT2D eigenvalue weighted by Crippen LogP contribution is 2.44. The number of aliphatic carboxylic acids is 1. The van der Waals surface area contributed by atoms with Gasteiger partial charge in [0, 0.05) is 11.4 Å². The number of anilines is 2. The minimum absolute atomic E-state index is 0.0274. The maximum Gasteiger partial charge on any atom is 0.353 e. The first-order valence-electron chi connectivity index (χ1n) is 10.1. The van der Waals surface area contributed by atoms with Gasteiger partial charge in [-0.15, -0.1) is 10.2 Å². The van der Waals surface area contributed by atoms with E-state index in [9.17, 15) is 19.5 Å². The number of β-lactam (4-membered cyclic amide) rings is 1. The van der Waals surface area contributed by atoms with E-state index in [1.165, 1.54) is 35.1 Å². The van der Waals surface area contributed by atoms with Crippen molar-refractivity contribution in [3.63, 3.8) is 0 Å². The Labute approximate surface area is 215 Å². The molecule has 1 fully saturated rings. The summed E-state index contributed by atoms with van der Waals surface area (Å²) in [5.74, 6) is -2.54. The summed E-state index contributed by atoms with van der Waals surface area (Å²) in [7, 11) is 1.25. The van der Waals surface area contributed by atoms with Crippen molar-refractivity contribution in [1.29, 1.82) is 0 Å². The molecule has 1 saturated heterocycles. The summed E-state index contributed by atoms with van der Waals surface area (Å²) in [4.78, 5) is 48.4. The molecular formula is C18H19ClN8O5S3. The third kappa shape index (κ3) is 4.91. The van der Waals surface area contributed by atoms with Crippen LogP contribution in [0.25, 0.3) is 0 Å². The van der Waals surface area contributed by atoms with Crippen LogP contribution in [0.2, 0.25) is 4.34 Å². The number of aromatic nitrogens is 3. The number of nitrogen functional groups attached to an aromatic ring is 1. The maximum absolute atomic E-state index is 13.0. The van der Waals surface area contributed by atoms with E-state index in [1.807, 2.05) is 6.92 Å². The molecule has 0 aromatic carbocycles. The van der Waals surface area contributed by atoms with E-state index in [0.29, 0.717) is 33.8 Å². The lowest BCUT2D eigenvalue weighted by molar-refractivity contribution is -0.155. The second-order valence-corrected chi connectivity index (χ2v) is 11.1. The van der Waals surface area contributed by atoms with Crippen molar-refractivity contribution in [1.82, 2.24) is 25.4 Å². The van der Waals surface area contributed by atoms with E-state index in [4.69, 9.17) is 22.2 Å². The summed E-state index contributed by atoms with van der Waals surface area (Å²) in [6.45, 7) is 2.61. The smallest absolute Gasteiger partial charge is 0.353 e. The summed E-state index contributed by atoms with van der Waals surface area (Å²) in [5, 5.41) is 28.0. The number of allylic oxidation sites excluding steroid dienone is 1. The second kappa shape index (κ2) is 10.3. The first kappa shape index (κ1) is 25.2. The van der Waals surface area contributed by atoms with Crippen LogP contribution in [-0.4, -0.2) is 74.4 Å². The van der Waals surface area contributed by atoms with E-state index >= 15 is 0 Å². The van der Waals surface area contributed by atoms with Crippen LogP contribution in [0.1, 0.15) is 25.5 Å². The number of nitrogens with zero attached hydrogens (tertiary/aromatic N) is 5. The monoisotopic (exact) mass is 558 g/mol. The molecule has 2 aliphatic rings. The average Bonchev–Trinajstić information content (AvgIpc) is 3.40. The summed E-state index contributed by atoms with van der Waals surface area (Å²) < 4.78 is 0.699. The number of carbonyl (C=O) groups is 3. The molecule has 5 N–H and O–H groups in total. The zero-order chi connectivity index (χ0) is 25.3. The predicted octanol–water partition coefficient (Wildman–Crippen LogP) is 1.59. The number of nitrogens with two attached hydrogens (primary N) is 1. The van der Waals surface area contributed by atoms with Crippen molar-refractivity contribution in [3.05, 3.63) is 20.6 Å². The fraction of sp³-hybridized carbons (Fsp3) is 0.389. The Hall–Kier alpha value is -2.95. The summed E-state index contributed by atoms with van der Waals surface area (Å²) >= 11 is 9.52. The normalized spacial score (nSPS) is 19.8. The first-order chi connectivity index (χ1) is 16.7. The van der Waals surface area contributed by atoms with E-state index in [-0.39, 0.29) is 26.6 Å². The van der Waals surface area contributed by atoms with Crippen molar-refractivity contribution in [2.75, 3.05) is 24.7 Å². The summed E-state index contributed by atoms with van der Waals surface area (Å²) in [6.07, 6.45) is 0.826. The van der Waals surface area contributed by atoms with Gasteiger partial charge in [-0.05, 0) is 19.8 Å². The largest absolute Gasteiger partial charge is 0.477 e. The number of thioether (sulfide) groups is 1. The quantitative estimate of drug-likeness (QED) is 0.199. The fourth-order valence-corrected chi connectivity index (χ4v) is 6.64. The summed E-state index contributed by atoms with van der Waals surface area (Å²) in [6, 6.07) is -1.48.